The molecule has 0 saturated heterocycles. The molecule has 0 aliphatic heterocycles. The lowest BCUT2D eigenvalue weighted by Crippen LogP contribution is -2.06. The summed E-state index contributed by atoms with van der Waals surface area (Å²) in [4.78, 5) is 4.96. The third-order valence-electron chi connectivity index (χ3n) is 2.91. The Morgan fingerprint density at radius 2 is 1.65 bits per heavy atom. The Labute approximate surface area is 127 Å². The highest BCUT2D eigenvalue weighted by Gasteiger charge is 2.07. The number of halogens is 1. The van der Waals surface area contributed by atoms with Crippen molar-refractivity contribution in [1.82, 2.24) is 0 Å². The van der Waals surface area contributed by atoms with Crippen LogP contribution in [0.15, 0.2) is 58.2 Å². The van der Waals surface area contributed by atoms with Crippen LogP contribution in [-0.4, -0.2) is 19.9 Å². The monoisotopic (exact) mass is 333 g/mol. The van der Waals surface area contributed by atoms with Crippen LogP contribution < -0.4 is 4.74 Å². The van der Waals surface area contributed by atoms with Crippen molar-refractivity contribution in [3.8, 4) is 5.75 Å². The lowest BCUT2D eigenvalue weighted by molar-refractivity contribution is 0.213. The van der Waals surface area contributed by atoms with Gasteiger partial charge in [0.15, 0.2) is 0 Å². The fourth-order valence-corrected chi connectivity index (χ4v) is 2.14. The van der Waals surface area contributed by atoms with E-state index in [0.717, 1.165) is 21.5 Å². The molecule has 0 radical (unpaired) electrons. The maximum Gasteiger partial charge on any atom is 0.118 e. The number of benzene rings is 2. The largest absolute Gasteiger partial charge is 0.497 e. The fraction of sp³-hybridized carbons (Fsp3) is 0.188. The van der Waals surface area contributed by atoms with Crippen LogP contribution in [0.4, 0.5) is 0 Å². The Kier molecular flexibility index (Phi) is 5.18. The zero-order valence-corrected chi connectivity index (χ0v) is 13.1. The molecule has 0 fully saturated rings. The average Bonchev–Trinajstić information content (AvgIpc) is 2.49. The highest BCUT2D eigenvalue weighted by molar-refractivity contribution is 9.10. The molecule has 0 aliphatic rings. The first-order valence-electron chi connectivity index (χ1n) is 6.22. The highest BCUT2D eigenvalue weighted by Crippen LogP contribution is 2.16. The number of hydrogen-bond acceptors (Lipinski definition) is 3. The standard InChI is InChI=1S/C16H16BrNO2/c1-19-15-9-5-13(6-10-15)16(18-20-2)11-12-3-7-14(17)8-4-12/h3-10H,11H2,1-2H3/b18-16-. The average molecular weight is 334 g/mol. The quantitative estimate of drug-likeness (QED) is 0.610. The van der Waals surface area contributed by atoms with E-state index in [4.69, 9.17) is 9.57 Å². The second-order valence-electron chi connectivity index (χ2n) is 4.25. The van der Waals surface area contributed by atoms with E-state index in [1.165, 1.54) is 5.56 Å². The van der Waals surface area contributed by atoms with Crippen LogP contribution in [0, 0.1) is 0 Å². The molecule has 0 aromatic heterocycles. The Balaban J connectivity index is 2.22. The van der Waals surface area contributed by atoms with Gasteiger partial charge in [-0.2, -0.15) is 0 Å². The first kappa shape index (κ1) is 14.6. The van der Waals surface area contributed by atoms with Gasteiger partial charge in [0.2, 0.25) is 0 Å². The molecule has 2 aromatic rings. The number of methoxy groups -OCH3 is 1. The summed E-state index contributed by atoms with van der Waals surface area (Å²) in [5.74, 6) is 0.828. The van der Waals surface area contributed by atoms with E-state index in [1.807, 2.05) is 36.4 Å². The topological polar surface area (TPSA) is 30.8 Å². The summed E-state index contributed by atoms with van der Waals surface area (Å²) in [6, 6.07) is 16.0. The van der Waals surface area contributed by atoms with Gasteiger partial charge in [0.25, 0.3) is 0 Å². The van der Waals surface area contributed by atoms with Crippen molar-refractivity contribution in [3.05, 3.63) is 64.1 Å². The molecule has 2 aromatic carbocycles. The fourth-order valence-electron chi connectivity index (χ4n) is 1.88. The zero-order chi connectivity index (χ0) is 14.4. The van der Waals surface area contributed by atoms with Crippen molar-refractivity contribution < 1.29 is 9.57 Å². The number of oxime groups is 1. The van der Waals surface area contributed by atoms with Crippen LogP contribution in [-0.2, 0) is 11.3 Å². The molecule has 0 unspecified atom stereocenters. The number of ether oxygens (including phenoxy) is 1. The molecular weight excluding hydrogens is 318 g/mol. The van der Waals surface area contributed by atoms with Gasteiger partial charge in [-0.15, -0.1) is 0 Å². The van der Waals surface area contributed by atoms with Crippen LogP contribution in [0.2, 0.25) is 0 Å². The minimum absolute atomic E-state index is 0.716. The summed E-state index contributed by atoms with van der Waals surface area (Å²) in [6.45, 7) is 0. The Morgan fingerprint density at radius 3 is 2.20 bits per heavy atom. The third-order valence-corrected chi connectivity index (χ3v) is 3.44. The Morgan fingerprint density at radius 1 is 1.00 bits per heavy atom. The van der Waals surface area contributed by atoms with Crippen molar-refractivity contribution in [2.45, 2.75) is 6.42 Å². The molecule has 0 aliphatic carbocycles. The molecule has 3 nitrogen and oxygen atoms in total. The molecule has 20 heavy (non-hydrogen) atoms. The maximum absolute atomic E-state index is 5.16. The molecule has 0 bridgehead atoms. The summed E-state index contributed by atoms with van der Waals surface area (Å²) in [7, 11) is 3.21. The zero-order valence-electron chi connectivity index (χ0n) is 11.5. The van der Waals surface area contributed by atoms with Gasteiger partial charge >= 0.3 is 0 Å². The lowest BCUT2D eigenvalue weighted by atomic mass is 10.0. The van der Waals surface area contributed by atoms with Crippen LogP contribution >= 0.6 is 15.9 Å². The third kappa shape index (κ3) is 3.84. The SMILES string of the molecule is CO/N=C(/Cc1ccc(Br)cc1)c1ccc(OC)cc1. The van der Waals surface area contributed by atoms with Crippen molar-refractivity contribution in [3.63, 3.8) is 0 Å². The molecule has 0 spiro atoms. The van der Waals surface area contributed by atoms with Crippen LogP contribution in [0.25, 0.3) is 0 Å². The van der Waals surface area contributed by atoms with Crippen molar-refractivity contribution in [1.29, 1.82) is 0 Å². The number of hydrogen-bond donors (Lipinski definition) is 0. The van der Waals surface area contributed by atoms with Gasteiger partial charge < -0.3 is 9.57 Å². The maximum atomic E-state index is 5.16. The predicted octanol–water partition coefficient (Wildman–Crippen LogP) is 4.05. The molecule has 2 rings (SSSR count). The molecule has 0 saturated carbocycles. The minimum Gasteiger partial charge on any atom is -0.497 e. The van der Waals surface area contributed by atoms with Gasteiger partial charge in [0, 0.05) is 10.9 Å². The Hall–Kier alpha value is -1.81. The summed E-state index contributed by atoms with van der Waals surface area (Å²) >= 11 is 3.43. The molecular formula is C16H16BrNO2. The van der Waals surface area contributed by atoms with Gasteiger partial charge in [0.1, 0.15) is 12.9 Å². The summed E-state index contributed by atoms with van der Waals surface area (Å²) in [5.41, 5.74) is 3.09. The van der Waals surface area contributed by atoms with Crippen LogP contribution in [0.5, 0.6) is 5.75 Å². The van der Waals surface area contributed by atoms with Crippen LogP contribution in [0.3, 0.4) is 0 Å². The second kappa shape index (κ2) is 7.10. The van der Waals surface area contributed by atoms with E-state index < -0.39 is 0 Å². The van der Waals surface area contributed by atoms with E-state index in [9.17, 15) is 0 Å². The molecule has 4 heteroatoms. The Bertz CT molecular complexity index is 576. The van der Waals surface area contributed by atoms with Crippen molar-refractivity contribution in [2.24, 2.45) is 5.16 Å². The van der Waals surface area contributed by atoms with Gasteiger partial charge in [0.05, 0.1) is 12.8 Å². The second-order valence-corrected chi connectivity index (χ2v) is 5.17. The van der Waals surface area contributed by atoms with Crippen molar-refractivity contribution in [2.75, 3.05) is 14.2 Å². The molecule has 0 atom stereocenters. The highest BCUT2D eigenvalue weighted by atomic mass is 79.9. The molecule has 0 amide bonds. The molecule has 0 heterocycles. The van der Waals surface area contributed by atoms with E-state index >= 15 is 0 Å². The van der Waals surface area contributed by atoms with E-state index in [1.54, 1.807) is 14.2 Å². The van der Waals surface area contributed by atoms with E-state index in [2.05, 4.69) is 33.2 Å². The first-order chi connectivity index (χ1) is 9.72. The van der Waals surface area contributed by atoms with E-state index in [-0.39, 0.29) is 0 Å². The lowest BCUT2D eigenvalue weighted by Gasteiger charge is -2.07. The van der Waals surface area contributed by atoms with Crippen LogP contribution in [0.1, 0.15) is 11.1 Å². The summed E-state index contributed by atoms with van der Waals surface area (Å²) in [5, 5.41) is 4.13. The minimum atomic E-state index is 0.716. The smallest absolute Gasteiger partial charge is 0.118 e. The van der Waals surface area contributed by atoms with E-state index in [0.29, 0.717) is 6.42 Å². The molecule has 104 valence electrons. The number of rotatable bonds is 5. The molecule has 0 N–H and O–H groups in total. The predicted molar refractivity (Wildman–Crippen MR) is 84.4 cm³/mol. The van der Waals surface area contributed by atoms with Gasteiger partial charge in [-0.3, -0.25) is 0 Å². The van der Waals surface area contributed by atoms with Gasteiger partial charge in [-0.25, -0.2) is 0 Å². The number of nitrogens with zero attached hydrogens (tertiary/aromatic N) is 1. The first-order valence-corrected chi connectivity index (χ1v) is 7.01. The van der Waals surface area contributed by atoms with Gasteiger partial charge in [-0.05, 0) is 47.5 Å². The summed E-state index contributed by atoms with van der Waals surface area (Å²) in [6.07, 6.45) is 0.716. The van der Waals surface area contributed by atoms with Crippen molar-refractivity contribution >= 4 is 21.6 Å². The normalized spacial score (nSPS) is 11.2. The summed E-state index contributed by atoms with van der Waals surface area (Å²) < 4.78 is 6.23. The van der Waals surface area contributed by atoms with Gasteiger partial charge in [-0.1, -0.05) is 33.2 Å².